The van der Waals surface area contributed by atoms with Gasteiger partial charge in [0.05, 0.1) is 24.7 Å². The van der Waals surface area contributed by atoms with Crippen molar-refractivity contribution in [3.63, 3.8) is 0 Å². The van der Waals surface area contributed by atoms with E-state index in [2.05, 4.69) is 4.98 Å². The van der Waals surface area contributed by atoms with Gasteiger partial charge in [-0.25, -0.2) is 18.2 Å². The average Bonchev–Trinajstić information content (AvgIpc) is 3.08. The molecule has 1 aromatic heterocycles. The molecule has 0 spiro atoms. The SMILES string of the molecule is CCOC(=O)c1csc(CN(CCOC)S(=O)(=O)c2ccccc2)n1. The van der Waals surface area contributed by atoms with Crippen LogP contribution in [0.4, 0.5) is 0 Å². The normalized spacial score (nSPS) is 11.6. The van der Waals surface area contributed by atoms with Gasteiger partial charge >= 0.3 is 5.97 Å². The maximum atomic E-state index is 12.8. The largest absolute Gasteiger partial charge is 0.461 e. The van der Waals surface area contributed by atoms with Crippen LogP contribution in [0, 0.1) is 0 Å². The van der Waals surface area contributed by atoms with Crippen molar-refractivity contribution in [3.05, 3.63) is 46.4 Å². The Bertz CT molecular complexity index is 790. The second-order valence-corrected chi connectivity index (χ2v) is 7.87. The van der Waals surface area contributed by atoms with Gasteiger partial charge < -0.3 is 9.47 Å². The van der Waals surface area contributed by atoms with E-state index in [0.717, 1.165) is 0 Å². The van der Waals surface area contributed by atoms with Crippen LogP contribution >= 0.6 is 11.3 Å². The lowest BCUT2D eigenvalue weighted by atomic mass is 10.4. The molecule has 0 atom stereocenters. The van der Waals surface area contributed by atoms with E-state index in [1.165, 1.54) is 22.8 Å². The fourth-order valence-corrected chi connectivity index (χ4v) is 4.32. The van der Waals surface area contributed by atoms with Gasteiger partial charge in [-0.05, 0) is 19.1 Å². The summed E-state index contributed by atoms with van der Waals surface area (Å²) < 4.78 is 36.9. The number of aromatic nitrogens is 1. The first-order chi connectivity index (χ1) is 12.0. The summed E-state index contributed by atoms with van der Waals surface area (Å²) in [5.74, 6) is -0.514. The first kappa shape index (κ1) is 19.5. The summed E-state index contributed by atoms with van der Waals surface area (Å²) >= 11 is 1.22. The van der Waals surface area contributed by atoms with Crippen LogP contribution in [0.3, 0.4) is 0 Å². The Kier molecular flexibility index (Phi) is 7.06. The topological polar surface area (TPSA) is 85.8 Å². The number of benzene rings is 1. The second kappa shape index (κ2) is 9.04. The van der Waals surface area contributed by atoms with Crippen LogP contribution in [-0.4, -0.2) is 50.5 Å². The summed E-state index contributed by atoms with van der Waals surface area (Å²) in [5.41, 5.74) is 0.186. The number of rotatable bonds is 9. The minimum Gasteiger partial charge on any atom is -0.461 e. The van der Waals surface area contributed by atoms with Gasteiger partial charge in [-0.2, -0.15) is 4.31 Å². The van der Waals surface area contributed by atoms with Gasteiger partial charge in [-0.15, -0.1) is 11.3 Å². The lowest BCUT2D eigenvalue weighted by molar-refractivity contribution is 0.0520. The lowest BCUT2D eigenvalue weighted by Crippen LogP contribution is -2.33. The standard InChI is InChI=1S/C16H20N2O5S2/c1-3-23-16(19)14-12-24-15(17-14)11-18(9-10-22-2)25(20,21)13-7-5-4-6-8-13/h4-8,12H,3,9-11H2,1-2H3. The van der Waals surface area contributed by atoms with E-state index < -0.39 is 16.0 Å². The van der Waals surface area contributed by atoms with Crippen molar-refractivity contribution in [2.75, 3.05) is 26.9 Å². The van der Waals surface area contributed by atoms with E-state index >= 15 is 0 Å². The van der Waals surface area contributed by atoms with Crippen molar-refractivity contribution >= 4 is 27.3 Å². The van der Waals surface area contributed by atoms with Gasteiger partial charge in [-0.1, -0.05) is 18.2 Å². The van der Waals surface area contributed by atoms with Crippen molar-refractivity contribution in [3.8, 4) is 0 Å². The first-order valence-electron chi connectivity index (χ1n) is 7.64. The smallest absolute Gasteiger partial charge is 0.357 e. The number of esters is 1. The van der Waals surface area contributed by atoms with E-state index in [4.69, 9.17) is 9.47 Å². The van der Waals surface area contributed by atoms with Gasteiger partial charge in [0.15, 0.2) is 5.69 Å². The Morgan fingerprint density at radius 3 is 2.64 bits per heavy atom. The minimum atomic E-state index is -3.69. The maximum Gasteiger partial charge on any atom is 0.357 e. The van der Waals surface area contributed by atoms with E-state index in [0.29, 0.717) is 5.01 Å². The van der Waals surface area contributed by atoms with Gasteiger partial charge in [-0.3, -0.25) is 0 Å². The lowest BCUT2D eigenvalue weighted by Gasteiger charge is -2.20. The molecule has 7 nitrogen and oxygen atoms in total. The number of sulfonamides is 1. The molecule has 0 saturated heterocycles. The minimum absolute atomic E-state index is 0.0602. The third-order valence-electron chi connectivity index (χ3n) is 3.27. The molecule has 25 heavy (non-hydrogen) atoms. The van der Waals surface area contributed by atoms with Crippen LogP contribution in [0.5, 0.6) is 0 Å². The number of hydrogen-bond donors (Lipinski definition) is 0. The maximum absolute atomic E-state index is 12.8. The van der Waals surface area contributed by atoms with Gasteiger partial charge in [0, 0.05) is 19.0 Å². The monoisotopic (exact) mass is 384 g/mol. The van der Waals surface area contributed by atoms with Crippen molar-refractivity contribution < 1.29 is 22.7 Å². The molecule has 1 heterocycles. The number of ether oxygens (including phenoxy) is 2. The zero-order chi connectivity index (χ0) is 18.3. The molecular weight excluding hydrogens is 364 g/mol. The van der Waals surface area contributed by atoms with Gasteiger partial charge in [0.2, 0.25) is 10.0 Å². The van der Waals surface area contributed by atoms with Crippen molar-refractivity contribution in [1.82, 2.24) is 9.29 Å². The van der Waals surface area contributed by atoms with Crippen LogP contribution in [0.15, 0.2) is 40.6 Å². The van der Waals surface area contributed by atoms with Gasteiger partial charge in [0.25, 0.3) is 0 Å². The molecule has 0 aliphatic rings. The van der Waals surface area contributed by atoms with Crippen LogP contribution in [0.2, 0.25) is 0 Å². The zero-order valence-corrected chi connectivity index (χ0v) is 15.7. The van der Waals surface area contributed by atoms with Crippen molar-refractivity contribution in [2.24, 2.45) is 0 Å². The molecule has 0 amide bonds. The Morgan fingerprint density at radius 1 is 1.28 bits per heavy atom. The van der Waals surface area contributed by atoms with Crippen LogP contribution in [0.25, 0.3) is 0 Å². The van der Waals surface area contributed by atoms with Crippen LogP contribution in [0.1, 0.15) is 22.4 Å². The first-order valence-corrected chi connectivity index (χ1v) is 9.96. The molecule has 0 bridgehead atoms. The molecule has 2 rings (SSSR count). The molecule has 1 aromatic carbocycles. The molecule has 0 unspecified atom stereocenters. The number of thiazole rings is 1. The molecule has 2 aromatic rings. The number of carbonyl (C=O) groups is 1. The number of methoxy groups -OCH3 is 1. The summed E-state index contributed by atoms with van der Waals surface area (Å²) in [6, 6.07) is 8.18. The fraction of sp³-hybridized carbons (Fsp3) is 0.375. The van der Waals surface area contributed by atoms with E-state index in [1.54, 1.807) is 42.6 Å². The highest BCUT2D eigenvalue weighted by molar-refractivity contribution is 7.89. The fourth-order valence-electron chi connectivity index (χ4n) is 2.05. The Morgan fingerprint density at radius 2 is 2.00 bits per heavy atom. The highest BCUT2D eigenvalue weighted by Gasteiger charge is 2.25. The number of carbonyl (C=O) groups excluding carboxylic acids is 1. The molecule has 0 aliphatic carbocycles. The summed E-state index contributed by atoms with van der Waals surface area (Å²) in [5, 5.41) is 2.08. The second-order valence-electron chi connectivity index (χ2n) is 4.99. The molecule has 136 valence electrons. The highest BCUT2D eigenvalue weighted by atomic mass is 32.2. The Balaban J connectivity index is 2.22. The molecule has 0 aliphatic heterocycles. The highest BCUT2D eigenvalue weighted by Crippen LogP contribution is 2.20. The summed E-state index contributed by atoms with van der Waals surface area (Å²) in [6.07, 6.45) is 0. The molecule has 0 N–H and O–H groups in total. The van der Waals surface area contributed by atoms with E-state index in [1.807, 2.05) is 0 Å². The van der Waals surface area contributed by atoms with Gasteiger partial charge in [0.1, 0.15) is 5.01 Å². The molecular formula is C16H20N2O5S2. The molecule has 9 heteroatoms. The average molecular weight is 384 g/mol. The third-order valence-corrected chi connectivity index (χ3v) is 5.97. The Hall–Kier alpha value is -1.81. The van der Waals surface area contributed by atoms with Crippen LogP contribution in [-0.2, 0) is 26.0 Å². The summed E-state index contributed by atoms with van der Waals surface area (Å²) in [6.45, 7) is 2.47. The summed E-state index contributed by atoms with van der Waals surface area (Å²) in [7, 11) is -2.18. The third kappa shape index (κ3) is 5.08. The number of nitrogens with zero attached hydrogens (tertiary/aromatic N) is 2. The zero-order valence-electron chi connectivity index (χ0n) is 14.0. The summed E-state index contributed by atoms with van der Waals surface area (Å²) in [4.78, 5) is 16.1. The predicted octanol–water partition coefficient (Wildman–Crippen LogP) is 2.16. The quantitative estimate of drug-likeness (QED) is 0.616. The van der Waals surface area contributed by atoms with E-state index in [9.17, 15) is 13.2 Å². The number of hydrogen-bond acceptors (Lipinski definition) is 7. The molecule has 0 radical (unpaired) electrons. The van der Waals surface area contributed by atoms with Crippen molar-refractivity contribution in [2.45, 2.75) is 18.4 Å². The van der Waals surface area contributed by atoms with E-state index in [-0.39, 0.29) is 36.9 Å². The predicted molar refractivity (Wildman–Crippen MR) is 94.0 cm³/mol. The van der Waals surface area contributed by atoms with Crippen molar-refractivity contribution in [1.29, 1.82) is 0 Å². The Labute approximate surface area is 151 Å². The molecule has 0 fully saturated rings. The van der Waals surface area contributed by atoms with Crippen LogP contribution < -0.4 is 0 Å². The molecule has 0 saturated carbocycles.